The summed E-state index contributed by atoms with van der Waals surface area (Å²) in [6, 6.07) is 2.68. The molecule has 108 valence electrons. The van der Waals surface area contributed by atoms with Gasteiger partial charge < -0.3 is 14.9 Å². The number of carbonyl (C=O) groups excluding carboxylic acids is 1. The number of anilines is 1. The lowest BCUT2D eigenvalue weighted by Gasteiger charge is -2.32. The molecule has 1 N–H and O–H groups in total. The van der Waals surface area contributed by atoms with Gasteiger partial charge in [0.05, 0.1) is 5.56 Å². The van der Waals surface area contributed by atoms with E-state index in [9.17, 15) is 14.7 Å². The fourth-order valence-electron chi connectivity index (χ4n) is 1.99. The molecule has 0 spiro atoms. The van der Waals surface area contributed by atoms with Crippen molar-refractivity contribution in [3.05, 3.63) is 23.9 Å². The number of aromatic nitrogens is 1. The molecule has 2 rings (SSSR count). The van der Waals surface area contributed by atoms with Crippen molar-refractivity contribution in [3.8, 4) is 0 Å². The van der Waals surface area contributed by atoms with Gasteiger partial charge in [0, 0.05) is 38.3 Å². The minimum atomic E-state index is -0.955. The van der Waals surface area contributed by atoms with Gasteiger partial charge in [-0.1, -0.05) is 0 Å². The molecule has 7 heteroatoms. The third kappa shape index (κ3) is 3.04. The van der Waals surface area contributed by atoms with Gasteiger partial charge in [-0.2, -0.15) is 11.8 Å². The van der Waals surface area contributed by atoms with Crippen molar-refractivity contribution in [1.82, 2.24) is 9.88 Å². The van der Waals surface area contributed by atoms with E-state index < -0.39 is 12.0 Å². The Balaban J connectivity index is 2.18. The summed E-state index contributed by atoms with van der Waals surface area (Å²) in [6.07, 6.45) is 1.50. The van der Waals surface area contributed by atoms with E-state index in [1.807, 2.05) is 19.0 Å². The summed E-state index contributed by atoms with van der Waals surface area (Å²) in [5.41, 5.74) is 0.425. The molecule has 0 bridgehead atoms. The molecule has 0 saturated carbocycles. The zero-order valence-electron chi connectivity index (χ0n) is 11.4. The quantitative estimate of drug-likeness (QED) is 0.889. The minimum Gasteiger partial charge on any atom is -0.480 e. The van der Waals surface area contributed by atoms with E-state index in [0.717, 1.165) is 11.6 Å². The summed E-state index contributed by atoms with van der Waals surface area (Å²) in [4.78, 5) is 31.1. The Labute approximate surface area is 121 Å². The molecule has 1 aliphatic heterocycles. The molecular weight excluding hydrogens is 278 g/mol. The number of carbonyl (C=O) groups is 2. The van der Waals surface area contributed by atoms with Crippen LogP contribution in [-0.2, 0) is 4.79 Å². The first-order valence-corrected chi connectivity index (χ1v) is 7.41. The van der Waals surface area contributed by atoms with Crippen molar-refractivity contribution >= 4 is 29.5 Å². The smallest absolute Gasteiger partial charge is 0.327 e. The van der Waals surface area contributed by atoms with Crippen LogP contribution in [-0.4, -0.2) is 65.1 Å². The summed E-state index contributed by atoms with van der Waals surface area (Å²) in [6.45, 7) is 0.454. The Hall–Kier alpha value is -1.76. The molecule has 1 amide bonds. The van der Waals surface area contributed by atoms with E-state index in [0.29, 0.717) is 17.9 Å². The molecule has 0 aromatic carbocycles. The number of carboxylic acid groups (broad SMARTS) is 1. The lowest BCUT2D eigenvalue weighted by Crippen LogP contribution is -2.50. The normalized spacial score (nSPS) is 18.7. The number of nitrogens with zero attached hydrogens (tertiary/aromatic N) is 3. The van der Waals surface area contributed by atoms with Crippen LogP contribution in [0.3, 0.4) is 0 Å². The second kappa shape index (κ2) is 6.13. The van der Waals surface area contributed by atoms with Crippen molar-refractivity contribution in [2.24, 2.45) is 0 Å². The molecule has 20 heavy (non-hydrogen) atoms. The van der Waals surface area contributed by atoms with Gasteiger partial charge in [0.15, 0.2) is 0 Å². The van der Waals surface area contributed by atoms with Crippen molar-refractivity contribution in [1.29, 1.82) is 0 Å². The Bertz CT molecular complexity index is 504. The number of carboxylic acids is 1. The second-order valence-electron chi connectivity index (χ2n) is 4.73. The van der Waals surface area contributed by atoms with E-state index in [1.165, 1.54) is 11.1 Å². The van der Waals surface area contributed by atoms with E-state index in [1.54, 1.807) is 23.9 Å². The van der Waals surface area contributed by atoms with Crippen LogP contribution in [0, 0.1) is 0 Å². The Kier molecular flexibility index (Phi) is 4.49. The molecule has 1 unspecified atom stereocenters. The van der Waals surface area contributed by atoms with Gasteiger partial charge in [0.1, 0.15) is 11.9 Å². The van der Waals surface area contributed by atoms with Gasteiger partial charge in [-0.25, -0.2) is 9.78 Å². The highest BCUT2D eigenvalue weighted by Crippen LogP contribution is 2.19. The van der Waals surface area contributed by atoms with Gasteiger partial charge in [0.25, 0.3) is 5.91 Å². The van der Waals surface area contributed by atoms with Crippen molar-refractivity contribution in [2.75, 3.05) is 37.0 Å². The Morgan fingerprint density at radius 2 is 2.20 bits per heavy atom. The van der Waals surface area contributed by atoms with Crippen molar-refractivity contribution in [2.45, 2.75) is 6.04 Å². The maximum absolute atomic E-state index is 12.4. The van der Waals surface area contributed by atoms with Crippen LogP contribution in [0.1, 0.15) is 10.4 Å². The van der Waals surface area contributed by atoms with Crippen LogP contribution in [0.2, 0.25) is 0 Å². The molecule has 0 radical (unpaired) electrons. The predicted octanol–water partition coefficient (Wildman–Crippen LogP) is 0.790. The Morgan fingerprint density at radius 3 is 2.75 bits per heavy atom. The monoisotopic (exact) mass is 295 g/mol. The topological polar surface area (TPSA) is 73.7 Å². The highest BCUT2D eigenvalue weighted by molar-refractivity contribution is 7.99. The molecule has 1 aromatic rings. The third-order valence-corrected chi connectivity index (χ3v) is 4.15. The first-order valence-electron chi connectivity index (χ1n) is 6.25. The number of thioether (sulfide) groups is 1. The second-order valence-corrected chi connectivity index (χ2v) is 5.88. The fraction of sp³-hybridized carbons (Fsp3) is 0.462. The minimum absolute atomic E-state index is 0.268. The van der Waals surface area contributed by atoms with E-state index in [4.69, 9.17) is 0 Å². The van der Waals surface area contributed by atoms with Gasteiger partial charge >= 0.3 is 5.97 Å². The molecule has 6 nitrogen and oxygen atoms in total. The molecule has 1 saturated heterocycles. The fourth-order valence-corrected chi connectivity index (χ4v) is 3.03. The van der Waals surface area contributed by atoms with Crippen LogP contribution in [0.25, 0.3) is 0 Å². The lowest BCUT2D eigenvalue weighted by molar-refractivity contribution is -0.141. The average molecular weight is 295 g/mol. The molecular formula is C13H17N3O3S. The molecule has 1 fully saturated rings. The summed E-state index contributed by atoms with van der Waals surface area (Å²) in [5, 5.41) is 9.19. The van der Waals surface area contributed by atoms with Gasteiger partial charge in [-0.3, -0.25) is 4.79 Å². The van der Waals surface area contributed by atoms with Crippen LogP contribution >= 0.6 is 11.8 Å². The number of rotatable bonds is 3. The summed E-state index contributed by atoms with van der Waals surface area (Å²) in [7, 11) is 3.73. The predicted molar refractivity (Wildman–Crippen MR) is 78.3 cm³/mol. The maximum Gasteiger partial charge on any atom is 0.327 e. The lowest BCUT2D eigenvalue weighted by atomic mass is 10.2. The van der Waals surface area contributed by atoms with Crippen LogP contribution in [0.4, 0.5) is 5.82 Å². The number of pyridine rings is 1. The third-order valence-electron chi connectivity index (χ3n) is 3.13. The highest BCUT2D eigenvalue weighted by Gasteiger charge is 2.32. The van der Waals surface area contributed by atoms with E-state index >= 15 is 0 Å². The largest absolute Gasteiger partial charge is 0.480 e. The standard InChI is InChI=1S/C13H17N3O3S/c1-15(2)11-4-3-9(7-14-11)12(17)16-5-6-20-8-10(16)13(18)19/h3-4,7,10H,5-6,8H2,1-2H3,(H,18,19). The molecule has 1 aromatic heterocycles. The van der Waals surface area contributed by atoms with Crippen molar-refractivity contribution < 1.29 is 14.7 Å². The van der Waals surface area contributed by atoms with Gasteiger partial charge in [-0.15, -0.1) is 0 Å². The number of hydrogen-bond acceptors (Lipinski definition) is 5. The molecule has 1 atom stereocenters. The zero-order chi connectivity index (χ0) is 14.7. The summed E-state index contributed by atoms with van der Waals surface area (Å²) < 4.78 is 0. The molecule has 2 heterocycles. The number of amides is 1. The first kappa shape index (κ1) is 14.6. The number of hydrogen-bond donors (Lipinski definition) is 1. The van der Waals surface area contributed by atoms with Crippen LogP contribution in [0.5, 0.6) is 0 Å². The van der Waals surface area contributed by atoms with Crippen molar-refractivity contribution in [3.63, 3.8) is 0 Å². The molecule has 1 aliphatic rings. The summed E-state index contributed by atoms with van der Waals surface area (Å²) >= 11 is 1.56. The first-order chi connectivity index (χ1) is 9.50. The highest BCUT2D eigenvalue weighted by atomic mass is 32.2. The van der Waals surface area contributed by atoms with Gasteiger partial charge in [-0.05, 0) is 12.1 Å². The zero-order valence-corrected chi connectivity index (χ0v) is 12.3. The molecule has 0 aliphatic carbocycles. The Morgan fingerprint density at radius 1 is 1.45 bits per heavy atom. The maximum atomic E-state index is 12.4. The van der Waals surface area contributed by atoms with Crippen LogP contribution < -0.4 is 4.90 Å². The summed E-state index contributed by atoms with van der Waals surface area (Å²) in [5.74, 6) is 0.729. The average Bonchev–Trinajstić information content (AvgIpc) is 2.46. The van der Waals surface area contributed by atoms with E-state index in [2.05, 4.69) is 4.98 Å². The number of aliphatic carboxylic acids is 1. The van der Waals surface area contributed by atoms with Gasteiger partial charge in [0.2, 0.25) is 0 Å². The van der Waals surface area contributed by atoms with E-state index in [-0.39, 0.29) is 5.91 Å². The van der Waals surface area contributed by atoms with Crippen LogP contribution in [0.15, 0.2) is 18.3 Å². The SMILES string of the molecule is CN(C)c1ccc(C(=O)N2CCSCC2C(=O)O)cn1.